The number of hydrogen-bond donors (Lipinski definition) is 0. The molecule has 0 atom stereocenters. The van der Waals surface area contributed by atoms with Crippen LogP contribution in [0.3, 0.4) is 0 Å². The van der Waals surface area contributed by atoms with Crippen LogP contribution >= 0.6 is 0 Å². The van der Waals surface area contributed by atoms with Gasteiger partial charge in [0, 0.05) is 6.54 Å². The van der Waals surface area contributed by atoms with E-state index in [0.717, 1.165) is 24.6 Å². The summed E-state index contributed by atoms with van der Waals surface area (Å²) in [7, 11) is 0. The number of benzene rings is 2. The number of anilines is 1. The summed E-state index contributed by atoms with van der Waals surface area (Å²) in [5.41, 5.74) is 3.63. The maximum Gasteiger partial charge on any atom is 0.150 e. The molecule has 2 aromatic rings. The molecule has 0 amide bonds. The van der Waals surface area contributed by atoms with Crippen LogP contribution in [0.2, 0.25) is 0 Å². The van der Waals surface area contributed by atoms with Crippen LogP contribution in [0.25, 0.3) is 6.08 Å². The lowest BCUT2D eigenvalue weighted by Crippen LogP contribution is -2.30. The largest absolute Gasteiger partial charge is 0.458 e. The Morgan fingerprint density at radius 1 is 1.10 bits per heavy atom. The zero-order chi connectivity index (χ0) is 13.9. The van der Waals surface area contributed by atoms with Crippen molar-refractivity contribution in [1.29, 1.82) is 0 Å². The Balaban J connectivity index is 1.92. The molecule has 102 valence electrons. The normalized spacial score (nSPS) is 15.9. The molecule has 0 spiro atoms. The van der Waals surface area contributed by atoms with Gasteiger partial charge in [-0.2, -0.15) is 0 Å². The van der Waals surface area contributed by atoms with Gasteiger partial charge in [0.25, 0.3) is 0 Å². The fourth-order valence-electron chi connectivity index (χ4n) is 2.46. The third-order valence-corrected chi connectivity index (χ3v) is 3.58. The maximum atomic E-state index is 6.02. The summed E-state index contributed by atoms with van der Waals surface area (Å²) in [4.78, 5) is 2.33. The van der Waals surface area contributed by atoms with E-state index in [9.17, 15) is 0 Å². The van der Waals surface area contributed by atoms with Crippen molar-refractivity contribution in [3.63, 3.8) is 0 Å². The molecule has 0 radical (unpaired) electrons. The van der Waals surface area contributed by atoms with Crippen molar-refractivity contribution in [2.24, 2.45) is 0 Å². The van der Waals surface area contributed by atoms with Gasteiger partial charge in [-0.25, -0.2) is 0 Å². The first-order valence-corrected chi connectivity index (χ1v) is 7.05. The van der Waals surface area contributed by atoms with E-state index in [0.29, 0.717) is 0 Å². The van der Waals surface area contributed by atoms with Crippen molar-refractivity contribution in [2.45, 2.75) is 13.8 Å². The topological polar surface area (TPSA) is 12.5 Å². The lowest BCUT2D eigenvalue weighted by Gasteiger charge is -2.31. The summed E-state index contributed by atoms with van der Waals surface area (Å²) in [6, 6.07) is 16.7. The van der Waals surface area contributed by atoms with Gasteiger partial charge < -0.3 is 9.64 Å². The molecule has 3 rings (SSSR count). The smallest absolute Gasteiger partial charge is 0.150 e. The standard InChI is InChI=1S/C18H19NO/c1-3-19-13-16(12-15-10-8-14(2)9-11-15)20-18-7-5-4-6-17(18)19/h4-12H,3,13H2,1-2H3/b16-12+. The Morgan fingerprint density at radius 2 is 1.85 bits per heavy atom. The van der Waals surface area contributed by atoms with Crippen LogP contribution in [0.5, 0.6) is 5.75 Å². The summed E-state index contributed by atoms with van der Waals surface area (Å²) >= 11 is 0. The van der Waals surface area contributed by atoms with Gasteiger partial charge in [-0.05, 0) is 37.6 Å². The molecule has 2 heteroatoms. The quantitative estimate of drug-likeness (QED) is 0.804. The van der Waals surface area contributed by atoms with Crippen LogP contribution in [-0.4, -0.2) is 13.1 Å². The van der Waals surface area contributed by atoms with Crippen LogP contribution in [-0.2, 0) is 0 Å². The number of para-hydroxylation sites is 2. The molecule has 1 aliphatic rings. The summed E-state index contributed by atoms with van der Waals surface area (Å²) in [6.45, 7) is 6.07. The highest BCUT2D eigenvalue weighted by atomic mass is 16.5. The molecule has 1 heterocycles. The SMILES string of the molecule is CCN1C/C(=C\c2ccc(C)cc2)Oc2ccccc21. The van der Waals surface area contributed by atoms with Crippen LogP contribution in [0.4, 0.5) is 5.69 Å². The summed E-state index contributed by atoms with van der Waals surface area (Å²) in [5, 5.41) is 0. The molecule has 0 N–H and O–H groups in total. The molecule has 0 aliphatic carbocycles. The average Bonchev–Trinajstić information content (AvgIpc) is 2.49. The van der Waals surface area contributed by atoms with E-state index >= 15 is 0 Å². The number of hydrogen-bond acceptors (Lipinski definition) is 2. The summed E-state index contributed by atoms with van der Waals surface area (Å²) in [5.74, 6) is 1.94. The monoisotopic (exact) mass is 265 g/mol. The average molecular weight is 265 g/mol. The highest BCUT2D eigenvalue weighted by Crippen LogP contribution is 2.34. The van der Waals surface area contributed by atoms with Crippen molar-refractivity contribution in [1.82, 2.24) is 0 Å². The van der Waals surface area contributed by atoms with Gasteiger partial charge in [0.15, 0.2) is 0 Å². The van der Waals surface area contributed by atoms with Crippen molar-refractivity contribution in [3.05, 3.63) is 65.4 Å². The summed E-state index contributed by atoms with van der Waals surface area (Å²) < 4.78 is 6.02. The minimum atomic E-state index is 0.821. The van der Waals surface area contributed by atoms with E-state index in [2.05, 4.69) is 61.2 Å². The molecule has 0 bridgehead atoms. The predicted molar refractivity (Wildman–Crippen MR) is 84.1 cm³/mol. The molecule has 2 aromatic carbocycles. The third kappa shape index (κ3) is 2.55. The van der Waals surface area contributed by atoms with Gasteiger partial charge >= 0.3 is 0 Å². The minimum absolute atomic E-state index is 0.821. The van der Waals surface area contributed by atoms with Gasteiger partial charge in [-0.3, -0.25) is 0 Å². The molecule has 1 aliphatic heterocycles. The van der Waals surface area contributed by atoms with E-state index < -0.39 is 0 Å². The van der Waals surface area contributed by atoms with Gasteiger partial charge in [0.05, 0.1) is 12.2 Å². The van der Waals surface area contributed by atoms with Gasteiger partial charge in [0.2, 0.25) is 0 Å². The Labute approximate surface area is 120 Å². The molecular weight excluding hydrogens is 246 g/mol. The molecule has 0 aromatic heterocycles. The molecule has 20 heavy (non-hydrogen) atoms. The summed E-state index contributed by atoms with van der Waals surface area (Å²) in [6.07, 6.45) is 2.12. The molecule has 0 fully saturated rings. The van der Waals surface area contributed by atoms with Crippen molar-refractivity contribution < 1.29 is 4.74 Å². The lowest BCUT2D eigenvalue weighted by atomic mass is 10.1. The van der Waals surface area contributed by atoms with Crippen LogP contribution in [0.15, 0.2) is 54.3 Å². The van der Waals surface area contributed by atoms with Gasteiger partial charge in [0.1, 0.15) is 11.5 Å². The zero-order valence-corrected chi connectivity index (χ0v) is 12.0. The minimum Gasteiger partial charge on any atom is -0.458 e. The van der Waals surface area contributed by atoms with E-state index in [-0.39, 0.29) is 0 Å². The van der Waals surface area contributed by atoms with Crippen molar-refractivity contribution >= 4 is 11.8 Å². The predicted octanol–water partition coefficient (Wildman–Crippen LogP) is 4.25. The second kappa shape index (κ2) is 5.41. The number of rotatable bonds is 2. The number of ether oxygens (including phenoxy) is 1. The second-order valence-corrected chi connectivity index (χ2v) is 5.11. The van der Waals surface area contributed by atoms with Gasteiger partial charge in [-0.15, -0.1) is 0 Å². The van der Waals surface area contributed by atoms with E-state index in [4.69, 9.17) is 4.74 Å². The van der Waals surface area contributed by atoms with Crippen LogP contribution in [0, 0.1) is 6.92 Å². The first-order valence-electron chi connectivity index (χ1n) is 7.05. The molecule has 0 unspecified atom stereocenters. The third-order valence-electron chi connectivity index (χ3n) is 3.58. The molecule has 2 nitrogen and oxygen atoms in total. The lowest BCUT2D eigenvalue weighted by molar-refractivity contribution is 0.401. The Kier molecular flexibility index (Phi) is 3.46. The maximum absolute atomic E-state index is 6.02. The Morgan fingerprint density at radius 3 is 2.60 bits per heavy atom. The first kappa shape index (κ1) is 12.8. The number of aryl methyl sites for hydroxylation is 1. The van der Waals surface area contributed by atoms with Crippen LogP contribution in [0.1, 0.15) is 18.1 Å². The number of likely N-dealkylation sites (N-methyl/N-ethyl adjacent to an activating group) is 1. The number of fused-ring (bicyclic) bond motifs is 1. The molecule has 0 saturated heterocycles. The van der Waals surface area contributed by atoms with Crippen molar-refractivity contribution in [3.8, 4) is 5.75 Å². The van der Waals surface area contributed by atoms with E-state index in [1.807, 2.05) is 12.1 Å². The second-order valence-electron chi connectivity index (χ2n) is 5.11. The number of nitrogens with zero attached hydrogens (tertiary/aromatic N) is 1. The first-order chi connectivity index (χ1) is 9.76. The fourth-order valence-corrected chi connectivity index (χ4v) is 2.46. The van der Waals surface area contributed by atoms with E-state index in [1.165, 1.54) is 16.8 Å². The van der Waals surface area contributed by atoms with Crippen molar-refractivity contribution in [2.75, 3.05) is 18.0 Å². The Hall–Kier alpha value is -2.22. The Bertz CT molecular complexity index is 628. The van der Waals surface area contributed by atoms with Crippen LogP contribution < -0.4 is 9.64 Å². The molecule has 0 saturated carbocycles. The highest BCUT2D eigenvalue weighted by Gasteiger charge is 2.19. The van der Waals surface area contributed by atoms with Gasteiger partial charge in [-0.1, -0.05) is 42.0 Å². The fraction of sp³-hybridized carbons (Fsp3) is 0.222. The van der Waals surface area contributed by atoms with E-state index in [1.54, 1.807) is 0 Å². The zero-order valence-electron chi connectivity index (χ0n) is 12.0. The highest BCUT2D eigenvalue weighted by molar-refractivity contribution is 5.64. The molecular formula is C18H19NO.